The molecule has 308 valence electrons. The molecule has 2 aliphatic rings. The summed E-state index contributed by atoms with van der Waals surface area (Å²) in [4.78, 5) is 7.40. The molecule has 0 aromatic heterocycles. The van der Waals surface area contributed by atoms with Gasteiger partial charge in [-0.25, -0.2) is 0 Å². The molecule has 0 aliphatic carbocycles. The van der Waals surface area contributed by atoms with Crippen LogP contribution in [0.2, 0.25) is 0 Å². The summed E-state index contributed by atoms with van der Waals surface area (Å²) in [5, 5.41) is 28.5. The maximum absolute atomic E-state index is 12.4. The third-order valence-electron chi connectivity index (χ3n) is 9.81. The van der Waals surface area contributed by atoms with Gasteiger partial charge in [-0.3, -0.25) is 0 Å². The summed E-state index contributed by atoms with van der Waals surface area (Å²) in [6.45, 7) is 5.97. The van der Waals surface area contributed by atoms with Crippen molar-refractivity contribution in [2.24, 2.45) is 5.10 Å². The molecular formula is C47H41BI2N4O4S3. The van der Waals surface area contributed by atoms with Crippen LogP contribution in [0.5, 0.6) is 0 Å². The first-order valence-electron chi connectivity index (χ1n) is 19.2. The van der Waals surface area contributed by atoms with E-state index in [1.807, 2.05) is 61.2 Å². The SMILES string of the molecule is C/C(=N\NS(=O)(=O)c1ccc(C)cc1)c1ccc2c(c1)Nc1ccccc1S2.CC(c1cccc(I)c1)c1ccc2c(c1)Nc1ccccc1S2.OB(O)c1cccc(I)c1. The fourth-order valence-corrected chi connectivity index (χ4v) is 10.3. The summed E-state index contributed by atoms with van der Waals surface area (Å²) in [6, 6.07) is 51.8. The number of nitrogens with zero attached hydrogens (tertiary/aromatic N) is 1. The van der Waals surface area contributed by atoms with Crippen molar-refractivity contribution in [3.63, 3.8) is 0 Å². The van der Waals surface area contributed by atoms with Gasteiger partial charge in [0.05, 0.1) is 33.4 Å². The molecule has 0 fully saturated rings. The molecule has 14 heteroatoms. The minimum atomic E-state index is -3.69. The smallest absolute Gasteiger partial charge is 0.423 e. The van der Waals surface area contributed by atoms with Crippen LogP contribution in [-0.2, 0) is 10.0 Å². The lowest BCUT2D eigenvalue weighted by Gasteiger charge is -2.22. The summed E-state index contributed by atoms with van der Waals surface area (Å²) in [5.41, 5.74) is 10.1. The predicted octanol–water partition coefficient (Wildman–Crippen LogP) is 11.5. The van der Waals surface area contributed by atoms with Crippen LogP contribution in [0.25, 0.3) is 0 Å². The monoisotopic (exact) mass is 1090 g/mol. The molecule has 61 heavy (non-hydrogen) atoms. The van der Waals surface area contributed by atoms with Crippen LogP contribution in [0.3, 0.4) is 0 Å². The molecule has 7 aromatic carbocycles. The Kier molecular flexibility index (Phi) is 14.9. The van der Waals surface area contributed by atoms with Gasteiger partial charge in [0.15, 0.2) is 0 Å². The fraction of sp³-hybridized carbons (Fsp3) is 0.0851. The normalized spacial score (nSPS) is 12.8. The molecule has 0 saturated carbocycles. The van der Waals surface area contributed by atoms with E-state index in [0.717, 1.165) is 31.0 Å². The molecule has 1 unspecified atom stereocenters. The van der Waals surface area contributed by atoms with Crippen molar-refractivity contribution < 1.29 is 18.5 Å². The zero-order chi connectivity index (χ0) is 43.1. The van der Waals surface area contributed by atoms with Crippen LogP contribution >= 0.6 is 68.7 Å². The number of hydrogen-bond acceptors (Lipinski definition) is 9. The Morgan fingerprint density at radius 3 is 1.77 bits per heavy atom. The van der Waals surface area contributed by atoms with Crippen LogP contribution in [0, 0.1) is 14.1 Å². The van der Waals surface area contributed by atoms with E-state index in [0.29, 0.717) is 17.1 Å². The highest BCUT2D eigenvalue weighted by Crippen LogP contribution is 2.46. The molecule has 2 heterocycles. The Morgan fingerprint density at radius 2 is 1.18 bits per heavy atom. The molecule has 9 rings (SSSR count). The van der Waals surface area contributed by atoms with E-state index in [1.54, 1.807) is 61.2 Å². The zero-order valence-corrected chi connectivity index (χ0v) is 40.1. The number of para-hydroxylation sites is 2. The molecule has 0 amide bonds. The van der Waals surface area contributed by atoms with Gasteiger partial charge in [-0.05, 0) is 166 Å². The molecule has 8 nitrogen and oxygen atoms in total. The lowest BCUT2D eigenvalue weighted by atomic mass is 9.81. The minimum absolute atomic E-state index is 0.190. The van der Waals surface area contributed by atoms with Crippen LogP contribution < -0.4 is 20.9 Å². The molecule has 5 N–H and O–H groups in total. The topological polar surface area (TPSA) is 123 Å². The standard InChI is InChI=1S/C21H19N3O2S2.C20H16INS.C6H6BIO2/c1-14-7-10-17(11-8-14)28(25,26)24-23-15(2)16-9-12-21-19(13-16)22-18-5-3-4-6-20(18)27-21;1-13(14-5-4-6-16(21)11-14)15-9-10-20-18(12-15)22-17-7-2-3-8-19(17)23-20;8-6-3-1-2-5(4-6)7(9)10/h3-13,22,24H,1-2H3;2-13,22H,1H3;1-4,9-10H/b23-15+;;. The second-order valence-corrected chi connectivity index (χ2v) is 20.5. The quantitative estimate of drug-likeness (QED) is 0.0463. The number of nitrogens with one attached hydrogen (secondary N) is 3. The average molecular weight is 1090 g/mol. The third kappa shape index (κ3) is 11.6. The number of hydrazone groups is 1. The largest absolute Gasteiger partial charge is 0.488 e. The van der Waals surface area contributed by atoms with Gasteiger partial charge < -0.3 is 20.7 Å². The molecular weight excluding hydrogens is 1050 g/mol. The first-order valence-corrected chi connectivity index (χ1v) is 24.5. The van der Waals surface area contributed by atoms with E-state index in [9.17, 15) is 8.42 Å². The highest BCUT2D eigenvalue weighted by molar-refractivity contribution is 14.1. The number of rotatable bonds is 7. The number of halogens is 2. The highest BCUT2D eigenvalue weighted by Gasteiger charge is 2.19. The summed E-state index contributed by atoms with van der Waals surface area (Å²) >= 11 is 8.04. The molecule has 0 saturated heterocycles. The van der Waals surface area contributed by atoms with Crippen molar-refractivity contribution in [2.75, 3.05) is 10.6 Å². The summed E-state index contributed by atoms with van der Waals surface area (Å²) in [5.74, 6) is 0.388. The van der Waals surface area contributed by atoms with Gasteiger partial charge in [-0.2, -0.15) is 18.4 Å². The minimum Gasteiger partial charge on any atom is -0.423 e. The van der Waals surface area contributed by atoms with Gasteiger partial charge in [0.25, 0.3) is 10.0 Å². The van der Waals surface area contributed by atoms with Crippen LogP contribution in [0.15, 0.2) is 187 Å². The molecule has 2 aliphatic heterocycles. The fourth-order valence-electron chi connectivity index (χ4n) is 6.39. The number of sulfonamides is 1. The maximum atomic E-state index is 12.4. The van der Waals surface area contributed by atoms with E-state index in [1.165, 1.54) is 40.8 Å². The van der Waals surface area contributed by atoms with E-state index in [-0.39, 0.29) is 4.90 Å². The van der Waals surface area contributed by atoms with Crippen molar-refractivity contribution in [3.05, 3.63) is 187 Å². The number of aryl methyl sites for hydroxylation is 1. The maximum Gasteiger partial charge on any atom is 0.488 e. The van der Waals surface area contributed by atoms with E-state index >= 15 is 0 Å². The Labute approximate surface area is 393 Å². The number of benzene rings is 7. The van der Waals surface area contributed by atoms with Crippen LogP contribution in [0.4, 0.5) is 22.7 Å². The number of anilines is 4. The van der Waals surface area contributed by atoms with Gasteiger partial charge in [-0.1, -0.05) is 109 Å². The highest BCUT2D eigenvalue weighted by atomic mass is 127. The van der Waals surface area contributed by atoms with Crippen molar-refractivity contribution in [1.82, 2.24) is 4.83 Å². The molecule has 0 bridgehead atoms. The molecule has 0 radical (unpaired) electrons. The summed E-state index contributed by atoms with van der Waals surface area (Å²) in [7, 11) is -5.05. The van der Waals surface area contributed by atoms with Crippen molar-refractivity contribution in [1.29, 1.82) is 0 Å². The van der Waals surface area contributed by atoms with Crippen molar-refractivity contribution in [2.45, 2.75) is 51.2 Å². The van der Waals surface area contributed by atoms with Gasteiger partial charge in [-0.15, -0.1) is 0 Å². The number of hydrogen-bond donors (Lipinski definition) is 5. The second-order valence-electron chi connectivity index (χ2n) is 14.2. The van der Waals surface area contributed by atoms with Crippen molar-refractivity contribution >= 4 is 120 Å². The Morgan fingerprint density at radius 1 is 0.639 bits per heavy atom. The van der Waals surface area contributed by atoms with E-state index in [2.05, 4.69) is 145 Å². The first-order chi connectivity index (χ1) is 29.3. The van der Waals surface area contributed by atoms with Crippen molar-refractivity contribution in [3.8, 4) is 0 Å². The summed E-state index contributed by atoms with van der Waals surface area (Å²) in [6.07, 6.45) is 0. The molecule has 0 spiro atoms. The average Bonchev–Trinajstić information content (AvgIpc) is 3.26. The lowest BCUT2D eigenvalue weighted by Crippen LogP contribution is -2.29. The first kappa shape index (κ1) is 44.8. The van der Waals surface area contributed by atoms with Gasteiger partial charge in [0, 0.05) is 32.6 Å². The molecule has 1 atom stereocenters. The van der Waals surface area contributed by atoms with E-state index in [4.69, 9.17) is 10.0 Å². The third-order valence-corrected chi connectivity index (χ3v) is 14.7. The predicted molar refractivity (Wildman–Crippen MR) is 270 cm³/mol. The van der Waals surface area contributed by atoms with Crippen LogP contribution in [0.1, 0.15) is 42.0 Å². The summed E-state index contributed by atoms with van der Waals surface area (Å²) < 4.78 is 27.1. The Balaban J connectivity index is 0.000000152. The second kappa shape index (κ2) is 20.3. The van der Waals surface area contributed by atoms with E-state index < -0.39 is 17.1 Å². The van der Waals surface area contributed by atoms with Gasteiger partial charge >= 0.3 is 7.12 Å². The molecule has 7 aromatic rings. The van der Waals surface area contributed by atoms with Gasteiger partial charge in [0.1, 0.15) is 0 Å². The Hall–Kier alpha value is -4.30. The Bertz CT molecular complexity index is 2830. The van der Waals surface area contributed by atoms with Crippen LogP contribution in [-0.4, -0.2) is 31.3 Å². The zero-order valence-electron chi connectivity index (χ0n) is 33.3. The number of fused-ring (bicyclic) bond motifs is 4. The lowest BCUT2D eigenvalue weighted by molar-refractivity contribution is 0.425. The van der Waals surface area contributed by atoms with Gasteiger partial charge in [0.2, 0.25) is 0 Å².